The van der Waals surface area contributed by atoms with Crippen LogP contribution in [0.25, 0.3) is 5.57 Å². The van der Waals surface area contributed by atoms with Crippen molar-refractivity contribution in [3.05, 3.63) is 77.1 Å². The fourth-order valence-corrected chi connectivity index (χ4v) is 8.84. The van der Waals surface area contributed by atoms with E-state index in [4.69, 9.17) is 11.8 Å². The maximum absolute atomic E-state index is 6.53. The first-order valence-electron chi connectivity index (χ1n) is 8.92. The Kier molecular flexibility index (Phi) is 5.81. The van der Waals surface area contributed by atoms with Crippen molar-refractivity contribution in [1.82, 2.24) is 0 Å². The van der Waals surface area contributed by atoms with Crippen LogP contribution in [0.15, 0.2) is 66.0 Å². The van der Waals surface area contributed by atoms with E-state index in [0.29, 0.717) is 0 Å². The third kappa shape index (κ3) is 3.83. The summed E-state index contributed by atoms with van der Waals surface area (Å²) in [6.07, 6.45) is 0. The fourth-order valence-electron chi connectivity index (χ4n) is 3.96. The summed E-state index contributed by atoms with van der Waals surface area (Å²) in [6.45, 7) is 16.2. The minimum Gasteiger partial charge on any atom is -0.0918 e. The van der Waals surface area contributed by atoms with Crippen LogP contribution < -0.4 is 0 Å². The first kappa shape index (κ1) is 20.1. The summed E-state index contributed by atoms with van der Waals surface area (Å²) in [6, 6.07) is 19.6. The number of rotatable bonds is 3. The highest BCUT2D eigenvalue weighted by molar-refractivity contribution is 8.18. The van der Waals surface area contributed by atoms with E-state index in [1.165, 1.54) is 22.0 Å². The SMILES string of the molecule is CC(=C(c1ccccc1)c1ccccc1)P(=S)(C(C)(C)C)C(C)(C)C. The second kappa shape index (κ2) is 7.22. The van der Waals surface area contributed by atoms with Crippen LogP contribution >= 0.6 is 6.04 Å². The molecule has 0 heterocycles. The Balaban J connectivity index is 2.89. The molecule has 2 heteroatoms. The molecule has 25 heavy (non-hydrogen) atoms. The predicted octanol–water partition coefficient (Wildman–Crippen LogP) is 7.54. The Morgan fingerprint density at radius 1 is 0.680 bits per heavy atom. The van der Waals surface area contributed by atoms with Crippen LogP contribution in [0.2, 0.25) is 0 Å². The van der Waals surface area contributed by atoms with E-state index in [9.17, 15) is 0 Å². The highest BCUT2D eigenvalue weighted by Crippen LogP contribution is 2.73. The Hall–Kier alpha value is -1.17. The summed E-state index contributed by atoms with van der Waals surface area (Å²) in [5, 5.41) is 1.53. The van der Waals surface area contributed by atoms with Crippen molar-refractivity contribution in [2.45, 2.75) is 58.8 Å². The zero-order valence-corrected chi connectivity index (χ0v) is 18.3. The summed E-state index contributed by atoms with van der Waals surface area (Å²) in [7, 11) is 0. The highest BCUT2D eigenvalue weighted by atomic mass is 32.4. The standard InChI is InChI=1S/C23H31PS/c1-18(24(25,22(2,3)4)23(5,6)7)21(19-14-10-8-11-15-19)20-16-12-9-13-17-20/h8-17H,1-7H3. The summed E-state index contributed by atoms with van der Waals surface area (Å²) >= 11 is 6.53. The molecular formula is C23H31PS. The maximum Gasteiger partial charge on any atom is -0.00495 e. The van der Waals surface area contributed by atoms with E-state index in [2.05, 4.69) is 109 Å². The van der Waals surface area contributed by atoms with Crippen molar-refractivity contribution in [2.24, 2.45) is 0 Å². The number of benzene rings is 2. The van der Waals surface area contributed by atoms with Crippen molar-refractivity contribution < 1.29 is 0 Å². The van der Waals surface area contributed by atoms with E-state index >= 15 is 0 Å². The number of hydrogen-bond acceptors (Lipinski definition) is 1. The Morgan fingerprint density at radius 3 is 1.28 bits per heavy atom. The van der Waals surface area contributed by atoms with Gasteiger partial charge in [0.15, 0.2) is 0 Å². The third-order valence-electron chi connectivity index (χ3n) is 4.85. The normalized spacial score (nSPS) is 12.8. The molecule has 0 aliphatic heterocycles. The van der Waals surface area contributed by atoms with E-state index in [1.807, 2.05) is 0 Å². The van der Waals surface area contributed by atoms with Gasteiger partial charge in [-0.25, -0.2) is 0 Å². The fraction of sp³-hybridized carbons (Fsp3) is 0.391. The zero-order chi connectivity index (χ0) is 18.9. The number of hydrogen-bond donors (Lipinski definition) is 0. The molecule has 0 radical (unpaired) electrons. The Labute approximate surface area is 159 Å². The van der Waals surface area contributed by atoms with Gasteiger partial charge >= 0.3 is 0 Å². The Morgan fingerprint density at radius 2 is 1.00 bits per heavy atom. The summed E-state index contributed by atoms with van der Waals surface area (Å²) in [4.78, 5) is 0. The van der Waals surface area contributed by atoms with Gasteiger partial charge in [-0.1, -0.05) is 114 Å². The van der Waals surface area contributed by atoms with Gasteiger partial charge in [-0.15, -0.1) is 0 Å². The average Bonchev–Trinajstić information content (AvgIpc) is 2.54. The van der Waals surface area contributed by atoms with Crippen LogP contribution in [-0.2, 0) is 11.8 Å². The van der Waals surface area contributed by atoms with E-state index in [-0.39, 0.29) is 10.3 Å². The second-order valence-electron chi connectivity index (χ2n) is 8.64. The van der Waals surface area contributed by atoms with Gasteiger partial charge in [0, 0.05) is 0 Å². The lowest BCUT2D eigenvalue weighted by molar-refractivity contribution is 0.709. The molecule has 0 unspecified atom stereocenters. The quantitative estimate of drug-likeness (QED) is 0.503. The minimum absolute atomic E-state index is 0.0689. The molecule has 0 fully saturated rings. The maximum atomic E-state index is 6.53. The Bertz CT molecular complexity index is 728. The molecule has 2 aromatic carbocycles. The molecule has 0 saturated heterocycles. The monoisotopic (exact) mass is 370 g/mol. The molecular weight excluding hydrogens is 339 g/mol. The van der Waals surface area contributed by atoms with Gasteiger partial charge in [-0.3, -0.25) is 0 Å². The molecule has 134 valence electrons. The van der Waals surface area contributed by atoms with Crippen LogP contribution in [0.3, 0.4) is 0 Å². The molecule has 0 amide bonds. The number of allylic oxidation sites excluding steroid dienone is 1. The molecule has 0 aromatic heterocycles. The average molecular weight is 371 g/mol. The lowest BCUT2D eigenvalue weighted by atomic mass is 9.98. The van der Waals surface area contributed by atoms with Crippen molar-refractivity contribution in [3.8, 4) is 0 Å². The van der Waals surface area contributed by atoms with Gasteiger partial charge in [0.05, 0.1) is 0 Å². The van der Waals surface area contributed by atoms with Gasteiger partial charge < -0.3 is 0 Å². The molecule has 0 bridgehead atoms. The summed E-state index contributed by atoms with van der Waals surface area (Å²) in [5.41, 5.74) is 3.83. The largest absolute Gasteiger partial charge is 0.0918 e. The van der Waals surface area contributed by atoms with Gasteiger partial charge in [0.1, 0.15) is 0 Å². The first-order valence-corrected chi connectivity index (χ1v) is 11.7. The van der Waals surface area contributed by atoms with E-state index < -0.39 is 6.04 Å². The van der Waals surface area contributed by atoms with Crippen molar-refractivity contribution in [2.75, 3.05) is 0 Å². The highest BCUT2D eigenvalue weighted by Gasteiger charge is 2.43. The van der Waals surface area contributed by atoms with Crippen molar-refractivity contribution in [3.63, 3.8) is 0 Å². The molecule has 0 N–H and O–H groups in total. The molecule has 2 rings (SSSR count). The smallest absolute Gasteiger partial charge is 0.00495 e. The molecule has 0 nitrogen and oxygen atoms in total. The summed E-state index contributed by atoms with van der Waals surface area (Å²) in [5.74, 6) is 0. The van der Waals surface area contributed by atoms with Gasteiger partial charge in [-0.2, -0.15) is 0 Å². The van der Waals surface area contributed by atoms with E-state index in [1.54, 1.807) is 0 Å². The van der Waals surface area contributed by atoms with Crippen molar-refractivity contribution in [1.29, 1.82) is 0 Å². The molecule has 0 aliphatic rings. The van der Waals surface area contributed by atoms with Gasteiger partial charge in [-0.05, 0) is 45.3 Å². The molecule has 0 aliphatic carbocycles. The van der Waals surface area contributed by atoms with E-state index in [0.717, 1.165) is 0 Å². The zero-order valence-electron chi connectivity index (χ0n) is 16.6. The molecule has 2 aromatic rings. The first-order chi connectivity index (χ1) is 11.5. The second-order valence-corrected chi connectivity index (χ2v) is 14.9. The van der Waals surface area contributed by atoms with Crippen molar-refractivity contribution >= 4 is 23.4 Å². The van der Waals surface area contributed by atoms with Crippen LogP contribution in [-0.4, -0.2) is 10.3 Å². The molecule has 0 saturated carbocycles. The van der Waals surface area contributed by atoms with Crippen LogP contribution in [0.1, 0.15) is 59.6 Å². The topological polar surface area (TPSA) is 0 Å². The van der Waals surface area contributed by atoms with Crippen LogP contribution in [0, 0.1) is 0 Å². The predicted molar refractivity (Wildman–Crippen MR) is 118 cm³/mol. The van der Waals surface area contributed by atoms with Gasteiger partial charge in [0.25, 0.3) is 0 Å². The van der Waals surface area contributed by atoms with Crippen LogP contribution in [0.4, 0.5) is 0 Å². The molecule has 0 atom stereocenters. The van der Waals surface area contributed by atoms with Gasteiger partial charge in [0.2, 0.25) is 0 Å². The summed E-state index contributed by atoms with van der Waals surface area (Å²) < 4.78 is 0. The lowest BCUT2D eigenvalue weighted by Gasteiger charge is -2.47. The van der Waals surface area contributed by atoms with Crippen LogP contribution in [0.5, 0.6) is 0 Å². The lowest BCUT2D eigenvalue weighted by Crippen LogP contribution is -2.29. The third-order valence-corrected chi connectivity index (χ3v) is 13.9. The molecule has 0 spiro atoms. The minimum atomic E-state index is -1.85.